The minimum Gasteiger partial charge on any atom is -0.354 e. The van der Waals surface area contributed by atoms with Gasteiger partial charge in [0, 0.05) is 26.2 Å². The number of hydrogen-bond donors (Lipinski definition) is 2. The molecule has 2 heterocycles. The topological polar surface area (TPSA) is 95.6 Å². The maximum atomic E-state index is 12.9. The van der Waals surface area contributed by atoms with Crippen molar-refractivity contribution in [3.63, 3.8) is 0 Å². The second-order valence-corrected chi connectivity index (χ2v) is 9.46. The fourth-order valence-corrected chi connectivity index (χ4v) is 5.88. The zero-order valence-electron chi connectivity index (χ0n) is 15.7. The molecule has 1 aliphatic rings. The van der Waals surface area contributed by atoms with E-state index in [0.29, 0.717) is 18.7 Å². The number of rotatable bonds is 8. The van der Waals surface area contributed by atoms with Gasteiger partial charge >= 0.3 is 0 Å². The summed E-state index contributed by atoms with van der Waals surface area (Å²) < 4.78 is 39.7. The first kappa shape index (κ1) is 21.4. The summed E-state index contributed by atoms with van der Waals surface area (Å²) >= 11 is 1.07. The van der Waals surface area contributed by atoms with Crippen LogP contribution in [0.3, 0.4) is 0 Å². The molecule has 3 rings (SSSR count). The maximum absolute atomic E-state index is 12.9. The first-order chi connectivity index (χ1) is 13.9. The summed E-state index contributed by atoms with van der Waals surface area (Å²) in [5, 5.41) is 6.89. The first-order valence-electron chi connectivity index (χ1n) is 9.25. The fraction of sp³-hybridized carbons (Fsp3) is 0.368. The number of thiophene rings is 1. The molecule has 0 spiro atoms. The van der Waals surface area contributed by atoms with E-state index in [-0.39, 0.29) is 41.0 Å². The van der Waals surface area contributed by atoms with Gasteiger partial charge in [0.1, 0.15) is 15.6 Å². The predicted octanol–water partition coefficient (Wildman–Crippen LogP) is 1.76. The van der Waals surface area contributed by atoms with E-state index in [2.05, 4.69) is 10.6 Å². The average Bonchev–Trinajstić information content (AvgIpc) is 3.39. The van der Waals surface area contributed by atoms with E-state index < -0.39 is 15.9 Å². The van der Waals surface area contributed by atoms with Gasteiger partial charge < -0.3 is 10.6 Å². The lowest BCUT2D eigenvalue weighted by atomic mass is 10.1. The molecular weight excluding hydrogens is 417 g/mol. The van der Waals surface area contributed by atoms with E-state index in [0.717, 1.165) is 24.2 Å². The molecule has 2 aromatic rings. The molecule has 10 heteroatoms. The Morgan fingerprint density at radius 1 is 1.03 bits per heavy atom. The van der Waals surface area contributed by atoms with Gasteiger partial charge in [0.15, 0.2) is 0 Å². The molecule has 0 saturated carbocycles. The monoisotopic (exact) mass is 439 g/mol. The highest BCUT2D eigenvalue weighted by Crippen LogP contribution is 2.27. The van der Waals surface area contributed by atoms with Crippen LogP contribution < -0.4 is 10.6 Å². The van der Waals surface area contributed by atoms with E-state index in [9.17, 15) is 22.4 Å². The standard InChI is InChI=1S/C19H22FN3O4S2/c20-15-5-3-14(4-6-15)13-17(24)21-8-9-22-19(25)18-16(7-12-28-18)29(26,27)23-10-1-2-11-23/h3-7,12H,1-2,8-11,13H2,(H,21,24)(H,22,25). The molecule has 2 N–H and O–H groups in total. The van der Waals surface area contributed by atoms with Crippen molar-refractivity contribution in [2.75, 3.05) is 26.2 Å². The minimum absolute atomic E-state index is 0.0299. The van der Waals surface area contributed by atoms with Crippen LogP contribution in [0.4, 0.5) is 4.39 Å². The highest BCUT2D eigenvalue weighted by molar-refractivity contribution is 7.89. The number of hydrogen-bond acceptors (Lipinski definition) is 5. The molecule has 0 unspecified atom stereocenters. The number of carbonyl (C=O) groups excluding carboxylic acids is 2. The Morgan fingerprint density at radius 3 is 2.38 bits per heavy atom. The number of carbonyl (C=O) groups is 2. The molecule has 1 aliphatic heterocycles. The van der Waals surface area contributed by atoms with Crippen LogP contribution in [0, 0.1) is 5.82 Å². The number of nitrogens with zero attached hydrogens (tertiary/aromatic N) is 1. The van der Waals surface area contributed by atoms with Crippen molar-refractivity contribution >= 4 is 33.2 Å². The lowest BCUT2D eigenvalue weighted by molar-refractivity contribution is -0.120. The fourth-order valence-electron chi connectivity index (χ4n) is 3.04. The maximum Gasteiger partial charge on any atom is 0.262 e. The Morgan fingerprint density at radius 2 is 1.69 bits per heavy atom. The smallest absolute Gasteiger partial charge is 0.262 e. The van der Waals surface area contributed by atoms with Gasteiger partial charge in [-0.25, -0.2) is 12.8 Å². The largest absolute Gasteiger partial charge is 0.354 e. The number of benzene rings is 1. The van der Waals surface area contributed by atoms with E-state index in [1.807, 2.05) is 0 Å². The Balaban J connectivity index is 1.48. The van der Waals surface area contributed by atoms with Crippen LogP contribution in [0.25, 0.3) is 0 Å². The molecule has 156 valence electrons. The molecule has 1 aromatic carbocycles. The van der Waals surface area contributed by atoms with Crippen molar-refractivity contribution in [1.29, 1.82) is 0 Å². The second kappa shape index (κ2) is 9.47. The summed E-state index contributed by atoms with van der Waals surface area (Å²) in [6.07, 6.45) is 1.75. The van der Waals surface area contributed by atoms with Crippen LogP contribution in [-0.4, -0.2) is 50.7 Å². The van der Waals surface area contributed by atoms with Gasteiger partial charge in [-0.05, 0) is 42.0 Å². The molecule has 7 nitrogen and oxygen atoms in total. The molecule has 1 saturated heterocycles. The summed E-state index contributed by atoms with van der Waals surface area (Å²) in [7, 11) is -3.67. The quantitative estimate of drug-likeness (QED) is 0.613. The number of sulfonamides is 1. The molecule has 0 radical (unpaired) electrons. The van der Waals surface area contributed by atoms with Gasteiger partial charge in [0.2, 0.25) is 15.9 Å². The average molecular weight is 440 g/mol. The first-order valence-corrected chi connectivity index (χ1v) is 11.6. The highest BCUT2D eigenvalue weighted by Gasteiger charge is 2.31. The van der Waals surface area contributed by atoms with Crippen molar-refractivity contribution in [2.24, 2.45) is 0 Å². The third kappa shape index (κ3) is 5.40. The Labute approximate surface area is 173 Å². The molecule has 0 bridgehead atoms. The van der Waals surface area contributed by atoms with E-state index in [1.54, 1.807) is 5.38 Å². The minimum atomic E-state index is -3.67. The molecular formula is C19H22FN3O4S2. The van der Waals surface area contributed by atoms with Gasteiger partial charge in [-0.3, -0.25) is 9.59 Å². The third-order valence-electron chi connectivity index (χ3n) is 4.53. The van der Waals surface area contributed by atoms with Crippen molar-refractivity contribution in [1.82, 2.24) is 14.9 Å². The van der Waals surface area contributed by atoms with E-state index in [1.165, 1.54) is 34.6 Å². The van der Waals surface area contributed by atoms with Crippen LogP contribution >= 0.6 is 11.3 Å². The van der Waals surface area contributed by atoms with Crippen LogP contribution in [0.5, 0.6) is 0 Å². The summed E-state index contributed by atoms with van der Waals surface area (Å²) in [6.45, 7) is 1.30. The summed E-state index contributed by atoms with van der Waals surface area (Å²) in [6, 6.07) is 7.11. The van der Waals surface area contributed by atoms with Crippen molar-refractivity contribution in [3.05, 3.63) is 52.0 Å². The summed E-state index contributed by atoms with van der Waals surface area (Å²) in [5.41, 5.74) is 0.684. The Bertz CT molecular complexity index is 968. The molecule has 0 atom stereocenters. The second-order valence-electron chi connectivity index (χ2n) is 6.63. The van der Waals surface area contributed by atoms with Crippen LogP contribution in [0.2, 0.25) is 0 Å². The Kier molecular flexibility index (Phi) is 6.99. The number of nitrogens with one attached hydrogen (secondary N) is 2. The van der Waals surface area contributed by atoms with Crippen molar-refractivity contribution in [2.45, 2.75) is 24.2 Å². The predicted molar refractivity (Wildman–Crippen MR) is 108 cm³/mol. The molecule has 1 fully saturated rings. The van der Waals surface area contributed by atoms with Gasteiger partial charge in [-0.1, -0.05) is 12.1 Å². The van der Waals surface area contributed by atoms with Crippen LogP contribution in [-0.2, 0) is 21.2 Å². The normalized spacial score (nSPS) is 14.7. The van der Waals surface area contributed by atoms with Gasteiger partial charge in [0.25, 0.3) is 5.91 Å². The van der Waals surface area contributed by atoms with Gasteiger partial charge in [0.05, 0.1) is 6.42 Å². The van der Waals surface area contributed by atoms with Crippen molar-refractivity contribution < 1.29 is 22.4 Å². The zero-order chi connectivity index (χ0) is 20.9. The van der Waals surface area contributed by atoms with Crippen LogP contribution in [0.1, 0.15) is 28.1 Å². The molecule has 2 amide bonds. The molecule has 0 aliphatic carbocycles. The van der Waals surface area contributed by atoms with Gasteiger partial charge in [-0.15, -0.1) is 11.3 Å². The van der Waals surface area contributed by atoms with E-state index in [4.69, 9.17) is 0 Å². The number of amides is 2. The lowest BCUT2D eigenvalue weighted by Crippen LogP contribution is -2.36. The molecule has 1 aromatic heterocycles. The molecule has 29 heavy (non-hydrogen) atoms. The zero-order valence-corrected chi connectivity index (χ0v) is 17.3. The van der Waals surface area contributed by atoms with Crippen molar-refractivity contribution in [3.8, 4) is 0 Å². The summed E-state index contributed by atoms with van der Waals surface area (Å²) in [5.74, 6) is -1.10. The lowest BCUT2D eigenvalue weighted by Gasteiger charge is -2.15. The van der Waals surface area contributed by atoms with Crippen LogP contribution in [0.15, 0.2) is 40.6 Å². The number of halogens is 1. The third-order valence-corrected chi connectivity index (χ3v) is 7.51. The van der Waals surface area contributed by atoms with E-state index >= 15 is 0 Å². The summed E-state index contributed by atoms with van der Waals surface area (Å²) in [4.78, 5) is 24.5. The SMILES string of the molecule is O=C(Cc1ccc(F)cc1)NCCNC(=O)c1sccc1S(=O)(=O)N1CCCC1. The highest BCUT2D eigenvalue weighted by atomic mass is 32.2. The van der Waals surface area contributed by atoms with Gasteiger partial charge in [-0.2, -0.15) is 4.31 Å². The Hall–Kier alpha value is -2.30.